The van der Waals surface area contributed by atoms with E-state index in [1.807, 2.05) is 6.08 Å². The van der Waals surface area contributed by atoms with Crippen molar-refractivity contribution in [2.75, 3.05) is 19.0 Å². The van der Waals surface area contributed by atoms with E-state index in [4.69, 9.17) is 4.74 Å². The average Bonchev–Trinajstić information content (AvgIpc) is 2.80. The number of ether oxygens (including phenoxy) is 1. The van der Waals surface area contributed by atoms with Crippen LogP contribution in [-0.4, -0.2) is 19.0 Å². The molecule has 64 valence electrons. The van der Waals surface area contributed by atoms with Crippen molar-refractivity contribution in [3.05, 3.63) is 12.7 Å². The monoisotopic (exact) mass is 172 g/mol. The first kappa shape index (κ1) is 9.14. The second kappa shape index (κ2) is 4.17. The highest BCUT2D eigenvalue weighted by Crippen LogP contribution is 2.46. The van der Waals surface area contributed by atoms with Crippen molar-refractivity contribution in [2.45, 2.75) is 19.3 Å². The van der Waals surface area contributed by atoms with Gasteiger partial charge in [-0.15, -0.1) is 6.58 Å². The zero-order valence-corrected chi connectivity index (χ0v) is 7.78. The zero-order chi connectivity index (χ0) is 8.16. The Morgan fingerprint density at radius 2 is 2.27 bits per heavy atom. The molecule has 1 aliphatic rings. The Kier molecular flexibility index (Phi) is 3.46. The summed E-state index contributed by atoms with van der Waals surface area (Å²) in [6.07, 6.45) is 5.44. The molecule has 1 saturated carbocycles. The predicted molar refractivity (Wildman–Crippen MR) is 51.2 cm³/mol. The third-order valence-electron chi connectivity index (χ3n) is 2.17. The van der Waals surface area contributed by atoms with Crippen molar-refractivity contribution in [1.82, 2.24) is 0 Å². The number of rotatable bonds is 6. The van der Waals surface area contributed by atoms with Gasteiger partial charge in [-0.2, -0.15) is 12.6 Å². The first-order valence-corrected chi connectivity index (χ1v) is 4.76. The van der Waals surface area contributed by atoms with Crippen LogP contribution in [0.15, 0.2) is 12.7 Å². The quantitative estimate of drug-likeness (QED) is 0.367. The highest BCUT2D eigenvalue weighted by atomic mass is 32.1. The summed E-state index contributed by atoms with van der Waals surface area (Å²) in [7, 11) is 0. The number of hydrogen-bond acceptors (Lipinski definition) is 2. The smallest absolute Gasteiger partial charge is 0.0530 e. The van der Waals surface area contributed by atoms with Crippen molar-refractivity contribution < 1.29 is 4.74 Å². The Bertz CT molecular complexity index is 130. The van der Waals surface area contributed by atoms with Crippen molar-refractivity contribution in [1.29, 1.82) is 0 Å². The Morgan fingerprint density at radius 3 is 2.73 bits per heavy atom. The van der Waals surface area contributed by atoms with Gasteiger partial charge < -0.3 is 4.74 Å². The largest absolute Gasteiger partial charge is 0.381 e. The van der Waals surface area contributed by atoms with Gasteiger partial charge in [-0.25, -0.2) is 0 Å². The minimum atomic E-state index is 0.449. The van der Waals surface area contributed by atoms with Crippen LogP contribution in [0.1, 0.15) is 19.3 Å². The molecule has 0 aromatic heterocycles. The molecule has 1 rings (SSSR count). The number of thiol groups is 1. The van der Waals surface area contributed by atoms with Crippen LogP contribution in [0, 0.1) is 5.41 Å². The fourth-order valence-corrected chi connectivity index (χ4v) is 1.39. The molecule has 0 radical (unpaired) electrons. The minimum Gasteiger partial charge on any atom is -0.381 e. The molecule has 1 aliphatic carbocycles. The van der Waals surface area contributed by atoms with E-state index in [0.717, 1.165) is 25.4 Å². The topological polar surface area (TPSA) is 9.23 Å². The van der Waals surface area contributed by atoms with Crippen LogP contribution < -0.4 is 0 Å². The lowest BCUT2D eigenvalue weighted by molar-refractivity contribution is 0.102. The molecule has 0 amide bonds. The Hall–Kier alpha value is 0.0500. The highest BCUT2D eigenvalue weighted by Gasteiger charge is 2.41. The fraction of sp³-hybridized carbons (Fsp3) is 0.778. The van der Waals surface area contributed by atoms with Gasteiger partial charge in [-0.1, -0.05) is 6.08 Å². The molecule has 1 fully saturated rings. The fourth-order valence-electron chi connectivity index (χ4n) is 0.980. The molecule has 0 atom stereocenters. The molecule has 2 heteroatoms. The Morgan fingerprint density at radius 1 is 1.55 bits per heavy atom. The lowest BCUT2D eigenvalue weighted by Crippen LogP contribution is -2.12. The van der Waals surface area contributed by atoms with E-state index in [1.54, 1.807) is 0 Å². The molecule has 0 aromatic rings. The molecule has 0 unspecified atom stereocenters. The molecular weight excluding hydrogens is 156 g/mol. The van der Waals surface area contributed by atoms with E-state index in [1.165, 1.54) is 12.8 Å². The second-order valence-electron chi connectivity index (χ2n) is 3.29. The lowest BCUT2D eigenvalue weighted by atomic mass is 10.2. The van der Waals surface area contributed by atoms with E-state index >= 15 is 0 Å². The third kappa shape index (κ3) is 2.88. The molecule has 11 heavy (non-hydrogen) atoms. The highest BCUT2D eigenvalue weighted by molar-refractivity contribution is 7.80. The van der Waals surface area contributed by atoms with Gasteiger partial charge in [0.25, 0.3) is 0 Å². The summed E-state index contributed by atoms with van der Waals surface area (Å²) in [5.74, 6) is 0.973. The maximum Gasteiger partial charge on any atom is 0.0530 e. The van der Waals surface area contributed by atoms with Gasteiger partial charge in [0, 0.05) is 5.41 Å². The van der Waals surface area contributed by atoms with Crippen molar-refractivity contribution in [2.24, 2.45) is 5.41 Å². The van der Waals surface area contributed by atoms with Crippen LogP contribution in [0.2, 0.25) is 0 Å². The number of hydrogen-bond donors (Lipinski definition) is 1. The van der Waals surface area contributed by atoms with Crippen LogP contribution in [0.25, 0.3) is 0 Å². The first-order chi connectivity index (χ1) is 5.33. The summed E-state index contributed by atoms with van der Waals surface area (Å²) in [5.41, 5.74) is 0.449. The molecule has 0 bridgehead atoms. The average molecular weight is 172 g/mol. The molecule has 0 aliphatic heterocycles. The van der Waals surface area contributed by atoms with Crippen LogP contribution in [0.3, 0.4) is 0 Å². The maximum absolute atomic E-state index is 5.47. The minimum absolute atomic E-state index is 0.449. The van der Waals surface area contributed by atoms with Gasteiger partial charge in [-0.05, 0) is 25.0 Å². The molecular formula is C9H16OS. The van der Waals surface area contributed by atoms with E-state index in [2.05, 4.69) is 19.2 Å². The van der Waals surface area contributed by atoms with Crippen LogP contribution in [0.4, 0.5) is 0 Å². The predicted octanol–water partition coefficient (Wildman–Crippen LogP) is 2.29. The Labute approximate surface area is 74.2 Å². The van der Waals surface area contributed by atoms with Crippen molar-refractivity contribution in [3.8, 4) is 0 Å². The van der Waals surface area contributed by atoms with E-state index in [0.29, 0.717) is 5.41 Å². The summed E-state index contributed by atoms with van der Waals surface area (Å²) >= 11 is 4.29. The van der Waals surface area contributed by atoms with E-state index in [-0.39, 0.29) is 0 Å². The van der Waals surface area contributed by atoms with E-state index < -0.39 is 0 Å². The maximum atomic E-state index is 5.47. The van der Waals surface area contributed by atoms with Gasteiger partial charge in [0.2, 0.25) is 0 Å². The summed E-state index contributed by atoms with van der Waals surface area (Å²) in [4.78, 5) is 0. The molecule has 0 aromatic carbocycles. The molecule has 0 heterocycles. The van der Waals surface area contributed by atoms with Gasteiger partial charge in [0.15, 0.2) is 0 Å². The van der Waals surface area contributed by atoms with Crippen molar-refractivity contribution >= 4 is 12.6 Å². The SMILES string of the molecule is C=CCCOCC1(CS)CC1. The first-order valence-electron chi connectivity index (χ1n) is 4.12. The summed E-state index contributed by atoms with van der Waals surface area (Å²) < 4.78 is 5.47. The van der Waals surface area contributed by atoms with Gasteiger partial charge in [0.1, 0.15) is 0 Å². The van der Waals surface area contributed by atoms with Crippen LogP contribution in [-0.2, 0) is 4.74 Å². The normalized spacial score (nSPS) is 19.7. The van der Waals surface area contributed by atoms with Gasteiger partial charge in [-0.3, -0.25) is 0 Å². The molecule has 1 nitrogen and oxygen atoms in total. The third-order valence-corrected chi connectivity index (χ3v) is 2.84. The van der Waals surface area contributed by atoms with Crippen LogP contribution in [0.5, 0.6) is 0 Å². The summed E-state index contributed by atoms with van der Waals surface area (Å²) in [5, 5.41) is 0. The molecule has 0 N–H and O–H groups in total. The van der Waals surface area contributed by atoms with Crippen molar-refractivity contribution in [3.63, 3.8) is 0 Å². The van der Waals surface area contributed by atoms with Gasteiger partial charge in [0.05, 0.1) is 13.2 Å². The zero-order valence-electron chi connectivity index (χ0n) is 6.88. The molecule has 0 saturated heterocycles. The van der Waals surface area contributed by atoms with Gasteiger partial charge >= 0.3 is 0 Å². The van der Waals surface area contributed by atoms with E-state index in [9.17, 15) is 0 Å². The van der Waals surface area contributed by atoms with Crippen LogP contribution >= 0.6 is 12.6 Å². The standard InChI is InChI=1S/C9H16OS/c1-2-3-6-10-7-9(8-11)4-5-9/h2,11H,1,3-8H2. The summed E-state index contributed by atoms with van der Waals surface area (Å²) in [6.45, 7) is 5.35. The molecule has 0 spiro atoms. The summed E-state index contributed by atoms with van der Waals surface area (Å²) in [6, 6.07) is 0. The lowest BCUT2D eigenvalue weighted by Gasteiger charge is -2.10. The second-order valence-corrected chi connectivity index (χ2v) is 3.60. The Balaban J connectivity index is 1.98.